The molecule has 2 rings (SSSR count). The molecule has 1 aliphatic heterocycles. The van der Waals surface area contributed by atoms with Crippen LogP contribution in [0.15, 0.2) is 18.2 Å². The van der Waals surface area contributed by atoms with Crippen molar-refractivity contribution in [1.29, 1.82) is 0 Å². The molecule has 0 aliphatic carbocycles. The van der Waals surface area contributed by atoms with E-state index in [1.165, 1.54) is 25.3 Å². The van der Waals surface area contributed by atoms with Crippen molar-refractivity contribution in [3.63, 3.8) is 0 Å². The van der Waals surface area contributed by atoms with Crippen LogP contribution in [-0.2, 0) is 0 Å². The first-order valence-electron chi connectivity index (χ1n) is 6.87. The van der Waals surface area contributed by atoms with E-state index in [-0.39, 0.29) is 41.4 Å². The lowest BCUT2D eigenvalue weighted by Crippen LogP contribution is -2.50. The third kappa shape index (κ3) is 4.08. The lowest BCUT2D eigenvalue weighted by molar-refractivity contribution is -0.385. The zero-order valence-corrected chi connectivity index (χ0v) is 13.3. The Labute approximate surface area is 135 Å². The number of methoxy groups -OCH3 is 1. The first kappa shape index (κ1) is 18.2. The molecule has 0 aromatic heterocycles. The minimum absolute atomic E-state index is 0. The van der Waals surface area contributed by atoms with Gasteiger partial charge in [0, 0.05) is 24.2 Å². The summed E-state index contributed by atoms with van der Waals surface area (Å²) in [5.74, 6) is 0.217. The van der Waals surface area contributed by atoms with Crippen LogP contribution in [0.5, 0.6) is 5.75 Å². The normalized spacial score (nSPS) is 20.6. The number of carbonyl (C=O) groups is 1. The fraction of sp³-hybridized carbons (Fsp3) is 0.500. The largest absolute Gasteiger partial charge is 0.490 e. The molecule has 0 saturated carbocycles. The minimum atomic E-state index is -0.555. The summed E-state index contributed by atoms with van der Waals surface area (Å²) >= 11 is 0. The van der Waals surface area contributed by atoms with Crippen LogP contribution in [0.2, 0.25) is 0 Å². The first-order valence-corrected chi connectivity index (χ1v) is 6.87. The third-order valence-electron chi connectivity index (χ3n) is 3.78. The van der Waals surface area contributed by atoms with Crippen molar-refractivity contribution in [2.24, 2.45) is 5.92 Å². The van der Waals surface area contributed by atoms with Crippen LogP contribution < -0.4 is 15.4 Å². The number of hydrogen-bond acceptors (Lipinski definition) is 5. The van der Waals surface area contributed by atoms with Gasteiger partial charge >= 0.3 is 5.69 Å². The van der Waals surface area contributed by atoms with E-state index in [2.05, 4.69) is 17.6 Å². The van der Waals surface area contributed by atoms with E-state index in [4.69, 9.17) is 4.74 Å². The van der Waals surface area contributed by atoms with Gasteiger partial charge < -0.3 is 15.4 Å². The highest BCUT2D eigenvalue weighted by molar-refractivity contribution is 5.95. The maximum absolute atomic E-state index is 12.2. The predicted molar refractivity (Wildman–Crippen MR) is 84.8 cm³/mol. The van der Waals surface area contributed by atoms with Gasteiger partial charge in [-0.1, -0.05) is 6.92 Å². The highest BCUT2D eigenvalue weighted by Crippen LogP contribution is 2.27. The van der Waals surface area contributed by atoms with E-state index in [0.29, 0.717) is 12.5 Å². The molecule has 2 atom stereocenters. The first-order chi connectivity index (χ1) is 10.0. The number of hydrogen-bond donors (Lipinski definition) is 2. The zero-order chi connectivity index (χ0) is 15.4. The zero-order valence-electron chi connectivity index (χ0n) is 12.5. The molecule has 0 radical (unpaired) electrons. The van der Waals surface area contributed by atoms with Crippen molar-refractivity contribution in [2.75, 3.05) is 20.2 Å². The maximum atomic E-state index is 12.2. The number of carbonyl (C=O) groups excluding carboxylic acids is 1. The predicted octanol–water partition coefficient (Wildman–Crippen LogP) is 1.75. The molecule has 22 heavy (non-hydrogen) atoms. The summed E-state index contributed by atoms with van der Waals surface area (Å²) in [6.45, 7) is 3.74. The molecule has 1 saturated heterocycles. The van der Waals surface area contributed by atoms with Crippen LogP contribution in [0.1, 0.15) is 23.7 Å². The monoisotopic (exact) mass is 329 g/mol. The van der Waals surface area contributed by atoms with Crippen LogP contribution in [0.3, 0.4) is 0 Å². The molecule has 1 amide bonds. The summed E-state index contributed by atoms with van der Waals surface area (Å²) in [7, 11) is 1.36. The van der Waals surface area contributed by atoms with Crippen LogP contribution in [-0.4, -0.2) is 37.1 Å². The third-order valence-corrected chi connectivity index (χ3v) is 3.78. The molecule has 8 heteroatoms. The van der Waals surface area contributed by atoms with Gasteiger partial charge in [-0.25, -0.2) is 0 Å². The van der Waals surface area contributed by atoms with E-state index in [1.807, 2.05) is 0 Å². The second-order valence-corrected chi connectivity index (χ2v) is 5.19. The van der Waals surface area contributed by atoms with Gasteiger partial charge in [0.05, 0.1) is 12.0 Å². The number of nitrogens with zero attached hydrogens (tertiary/aromatic N) is 1. The Kier molecular flexibility index (Phi) is 6.58. The summed E-state index contributed by atoms with van der Waals surface area (Å²) in [5.41, 5.74) is 0.0558. The average molecular weight is 330 g/mol. The van der Waals surface area contributed by atoms with Crippen molar-refractivity contribution in [1.82, 2.24) is 10.6 Å². The SMILES string of the molecule is COc1ccc(C(=O)NC2CNCCC2C)cc1[N+](=O)[O-].Cl. The Balaban J connectivity index is 0.00000242. The quantitative estimate of drug-likeness (QED) is 0.648. The molecule has 7 nitrogen and oxygen atoms in total. The topological polar surface area (TPSA) is 93.5 Å². The number of halogens is 1. The van der Waals surface area contributed by atoms with Crippen LogP contribution in [0.4, 0.5) is 5.69 Å². The standard InChI is InChI=1S/C14H19N3O4.ClH/c1-9-5-6-15-8-11(9)16-14(18)10-3-4-13(21-2)12(7-10)17(19)20;/h3-4,7,9,11,15H,5-6,8H2,1-2H3,(H,16,18);1H. The molecule has 0 spiro atoms. The molecule has 1 aromatic rings. The van der Waals surface area contributed by atoms with Gasteiger partial charge in [0.2, 0.25) is 0 Å². The van der Waals surface area contributed by atoms with Gasteiger partial charge in [-0.3, -0.25) is 14.9 Å². The summed E-state index contributed by atoms with van der Waals surface area (Å²) in [4.78, 5) is 22.7. The summed E-state index contributed by atoms with van der Waals surface area (Å²) < 4.78 is 4.93. The van der Waals surface area contributed by atoms with Gasteiger partial charge in [0.1, 0.15) is 0 Å². The van der Waals surface area contributed by atoms with Crippen molar-refractivity contribution < 1.29 is 14.5 Å². The number of rotatable bonds is 4. The molecule has 2 unspecified atom stereocenters. The van der Waals surface area contributed by atoms with Gasteiger partial charge in [0.25, 0.3) is 5.91 Å². The lowest BCUT2D eigenvalue weighted by Gasteiger charge is -2.30. The minimum Gasteiger partial charge on any atom is -0.490 e. The molecule has 1 fully saturated rings. The number of nitro benzene ring substituents is 1. The number of nitro groups is 1. The molecule has 1 heterocycles. The van der Waals surface area contributed by atoms with Crippen LogP contribution in [0, 0.1) is 16.0 Å². The summed E-state index contributed by atoms with van der Waals surface area (Å²) in [5, 5.41) is 17.1. The molecule has 1 aliphatic rings. The van der Waals surface area contributed by atoms with Crippen molar-refractivity contribution in [3.05, 3.63) is 33.9 Å². The Morgan fingerprint density at radius 1 is 1.50 bits per heavy atom. The number of nitrogens with one attached hydrogen (secondary N) is 2. The Morgan fingerprint density at radius 2 is 2.23 bits per heavy atom. The summed E-state index contributed by atoms with van der Waals surface area (Å²) in [6.07, 6.45) is 0.994. The molecule has 1 aromatic carbocycles. The van der Waals surface area contributed by atoms with E-state index in [9.17, 15) is 14.9 Å². The molecule has 0 bridgehead atoms. The number of benzene rings is 1. The highest BCUT2D eigenvalue weighted by atomic mass is 35.5. The number of piperidine rings is 1. The Bertz CT molecular complexity index is 553. The van der Waals surface area contributed by atoms with E-state index >= 15 is 0 Å². The molecular formula is C14H20ClN3O4. The van der Waals surface area contributed by atoms with E-state index in [1.54, 1.807) is 0 Å². The van der Waals surface area contributed by atoms with E-state index in [0.717, 1.165) is 13.0 Å². The van der Waals surface area contributed by atoms with E-state index < -0.39 is 4.92 Å². The molecular weight excluding hydrogens is 310 g/mol. The van der Waals surface area contributed by atoms with Crippen molar-refractivity contribution >= 4 is 24.0 Å². The molecule has 122 valence electrons. The second kappa shape index (κ2) is 7.95. The fourth-order valence-corrected chi connectivity index (χ4v) is 2.41. The number of ether oxygens (including phenoxy) is 1. The van der Waals surface area contributed by atoms with Gasteiger partial charge in [0.15, 0.2) is 5.75 Å². The van der Waals surface area contributed by atoms with Crippen molar-refractivity contribution in [2.45, 2.75) is 19.4 Å². The highest BCUT2D eigenvalue weighted by Gasteiger charge is 2.24. The van der Waals surface area contributed by atoms with Crippen LogP contribution >= 0.6 is 12.4 Å². The Morgan fingerprint density at radius 3 is 2.82 bits per heavy atom. The lowest BCUT2D eigenvalue weighted by atomic mass is 9.94. The second-order valence-electron chi connectivity index (χ2n) is 5.19. The van der Waals surface area contributed by atoms with Crippen LogP contribution in [0.25, 0.3) is 0 Å². The summed E-state index contributed by atoms with van der Waals surface area (Å²) in [6, 6.07) is 4.25. The maximum Gasteiger partial charge on any atom is 0.311 e. The average Bonchev–Trinajstić information content (AvgIpc) is 2.48. The fourth-order valence-electron chi connectivity index (χ4n) is 2.41. The number of amides is 1. The van der Waals surface area contributed by atoms with Crippen molar-refractivity contribution in [3.8, 4) is 5.75 Å². The smallest absolute Gasteiger partial charge is 0.311 e. The van der Waals surface area contributed by atoms with Gasteiger partial charge in [-0.05, 0) is 31.0 Å². The molecule has 2 N–H and O–H groups in total. The Hall–Kier alpha value is -1.86. The van der Waals surface area contributed by atoms with Gasteiger partial charge in [-0.2, -0.15) is 0 Å². The van der Waals surface area contributed by atoms with Gasteiger partial charge in [-0.15, -0.1) is 12.4 Å².